The number of hydrogen-bond acceptors (Lipinski definition) is 1. The summed E-state index contributed by atoms with van der Waals surface area (Å²) in [5, 5.41) is 2.09. The first-order valence-electron chi connectivity index (χ1n) is 5.67. The summed E-state index contributed by atoms with van der Waals surface area (Å²) in [5.41, 5.74) is 8.33. The standard InChI is InChI=1S/C14H11Cl4N/c15-11-3-1-2-8(9(11)4-5-19)10-6-13(17)14(18)7-12(10)16/h1-3,6-7H,4-5,19H2. The van der Waals surface area contributed by atoms with E-state index in [1.165, 1.54) is 0 Å². The predicted octanol–water partition coefficient (Wildman–Crippen LogP) is 5.47. The molecule has 0 heterocycles. The van der Waals surface area contributed by atoms with Crippen molar-refractivity contribution in [3.63, 3.8) is 0 Å². The molecule has 0 aliphatic carbocycles. The third kappa shape index (κ3) is 3.18. The van der Waals surface area contributed by atoms with Gasteiger partial charge < -0.3 is 5.73 Å². The van der Waals surface area contributed by atoms with E-state index in [-0.39, 0.29) is 0 Å². The van der Waals surface area contributed by atoms with E-state index in [4.69, 9.17) is 52.1 Å². The molecule has 0 aliphatic heterocycles. The fraction of sp³-hybridized carbons (Fsp3) is 0.143. The summed E-state index contributed by atoms with van der Waals surface area (Å²) in [7, 11) is 0. The van der Waals surface area contributed by atoms with Crippen molar-refractivity contribution >= 4 is 46.4 Å². The Morgan fingerprint density at radius 1 is 0.789 bits per heavy atom. The van der Waals surface area contributed by atoms with E-state index in [1.807, 2.05) is 18.2 Å². The second kappa shape index (κ2) is 6.34. The van der Waals surface area contributed by atoms with Crippen LogP contribution in [0.25, 0.3) is 11.1 Å². The lowest BCUT2D eigenvalue weighted by Crippen LogP contribution is -2.04. The smallest absolute Gasteiger partial charge is 0.0607 e. The van der Waals surface area contributed by atoms with Gasteiger partial charge in [-0.05, 0) is 42.3 Å². The van der Waals surface area contributed by atoms with Crippen molar-refractivity contribution in [3.05, 3.63) is 56.0 Å². The maximum Gasteiger partial charge on any atom is 0.0607 e. The second-order valence-electron chi connectivity index (χ2n) is 4.05. The van der Waals surface area contributed by atoms with Gasteiger partial charge in [0.25, 0.3) is 0 Å². The predicted molar refractivity (Wildman–Crippen MR) is 84.7 cm³/mol. The molecule has 0 amide bonds. The zero-order valence-corrected chi connectivity index (χ0v) is 12.9. The molecular weight excluding hydrogens is 324 g/mol. The van der Waals surface area contributed by atoms with Crippen LogP contribution in [0.5, 0.6) is 0 Å². The van der Waals surface area contributed by atoms with E-state index in [0.717, 1.165) is 16.7 Å². The van der Waals surface area contributed by atoms with Gasteiger partial charge in [0, 0.05) is 15.6 Å². The molecule has 0 fully saturated rings. The fourth-order valence-corrected chi connectivity index (χ4v) is 2.86. The van der Waals surface area contributed by atoms with E-state index in [9.17, 15) is 0 Å². The van der Waals surface area contributed by atoms with Gasteiger partial charge in [-0.2, -0.15) is 0 Å². The lowest BCUT2D eigenvalue weighted by atomic mass is 9.97. The lowest BCUT2D eigenvalue weighted by Gasteiger charge is -2.13. The van der Waals surface area contributed by atoms with Crippen molar-refractivity contribution in [1.82, 2.24) is 0 Å². The molecule has 100 valence electrons. The Morgan fingerprint density at radius 2 is 1.47 bits per heavy atom. The summed E-state index contributed by atoms with van der Waals surface area (Å²) in [6.07, 6.45) is 0.672. The van der Waals surface area contributed by atoms with Gasteiger partial charge in [0.1, 0.15) is 0 Å². The molecule has 0 aliphatic rings. The van der Waals surface area contributed by atoms with Gasteiger partial charge in [0.2, 0.25) is 0 Å². The third-order valence-corrected chi connectivity index (χ3v) is 4.20. The van der Waals surface area contributed by atoms with Crippen molar-refractivity contribution in [2.45, 2.75) is 6.42 Å². The van der Waals surface area contributed by atoms with Crippen LogP contribution in [-0.2, 0) is 6.42 Å². The highest BCUT2D eigenvalue weighted by atomic mass is 35.5. The molecule has 0 aromatic heterocycles. The molecule has 19 heavy (non-hydrogen) atoms. The number of halogens is 4. The minimum Gasteiger partial charge on any atom is -0.330 e. The molecule has 0 bridgehead atoms. The zero-order valence-electron chi connectivity index (χ0n) is 9.89. The Balaban J connectivity index is 2.65. The van der Waals surface area contributed by atoms with Gasteiger partial charge >= 0.3 is 0 Å². The van der Waals surface area contributed by atoms with Crippen LogP contribution < -0.4 is 5.73 Å². The van der Waals surface area contributed by atoms with Crippen LogP contribution in [0.4, 0.5) is 0 Å². The topological polar surface area (TPSA) is 26.0 Å². The molecule has 0 saturated carbocycles. The van der Waals surface area contributed by atoms with Crippen LogP contribution >= 0.6 is 46.4 Å². The van der Waals surface area contributed by atoms with Gasteiger partial charge in [0.15, 0.2) is 0 Å². The third-order valence-electron chi connectivity index (χ3n) is 2.81. The molecule has 5 heteroatoms. The number of rotatable bonds is 3. The average molecular weight is 335 g/mol. The highest BCUT2D eigenvalue weighted by Crippen LogP contribution is 2.38. The number of benzene rings is 2. The van der Waals surface area contributed by atoms with E-state index in [2.05, 4.69) is 0 Å². The van der Waals surface area contributed by atoms with Crippen LogP contribution in [0.1, 0.15) is 5.56 Å². The van der Waals surface area contributed by atoms with Crippen molar-refractivity contribution < 1.29 is 0 Å². The average Bonchev–Trinajstić information content (AvgIpc) is 2.37. The van der Waals surface area contributed by atoms with Gasteiger partial charge in [-0.25, -0.2) is 0 Å². The SMILES string of the molecule is NCCc1c(Cl)cccc1-c1cc(Cl)c(Cl)cc1Cl. The van der Waals surface area contributed by atoms with Gasteiger partial charge in [0.05, 0.1) is 10.0 Å². The molecule has 0 spiro atoms. The minimum absolute atomic E-state index is 0.429. The maximum atomic E-state index is 6.24. The molecule has 2 aromatic rings. The minimum atomic E-state index is 0.429. The van der Waals surface area contributed by atoms with E-state index in [1.54, 1.807) is 12.1 Å². The monoisotopic (exact) mass is 333 g/mol. The Bertz CT molecular complexity index is 611. The van der Waals surface area contributed by atoms with E-state index < -0.39 is 0 Å². The van der Waals surface area contributed by atoms with Crippen LogP contribution in [0.3, 0.4) is 0 Å². The summed E-state index contributed by atoms with van der Waals surface area (Å²) in [6.45, 7) is 0.510. The molecule has 0 saturated heterocycles. The quantitative estimate of drug-likeness (QED) is 0.740. The number of nitrogens with two attached hydrogens (primary N) is 1. The van der Waals surface area contributed by atoms with Gasteiger partial charge in [-0.3, -0.25) is 0 Å². The maximum absolute atomic E-state index is 6.24. The van der Waals surface area contributed by atoms with Crippen molar-refractivity contribution in [2.75, 3.05) is 6.54 Å². The van der Waals surface area contributed by atoms with Crippen LogP contribution in [0.2, 0.25) is 20.1 Å². The Morgan fingerprint density at radius 3 is 2.16 bits per heavy atom. The second-order valence-corrected chi connectivity index (χ2v) is 5.68. The van der Waals surface area contributed by atoms with Gasteiger partial charge in [-0.15, -0.1) is 0 Å². The zero-order chi connectivity index (χ0) is 14.0. The van der Waals surface area contributed by atoms with Crippen LogP contribution in [0, 0.1) is 0 Å². The summed E-state index contributed by atoms with van der Waals surface area (Å²) >= 11 is 24.5. The first kappa shape index (κ1) is 15.0. The molecule has 0 atom stereocenters. The Hall–Kier alpha value is -0.440. The molecule has 2 aromatic carbocycles. The highest BCUT2D eigenvalue weighted by molar-refractivity contribution is 6.44. The fourth-order valence-electron chi connectivity index (χ4n) is 1.94. The number of hydrogen-bond donors (Lipinski definition) is 1. The van der Waals surface area contributed by atoms with Gasteiger partial charge in [-0.1, -0.05) is 58.5 Å². The molecule has 0 radical (unpaired) electrons. The summed E-state index contributed by atoms with van der Waals surface area (Å²) < 4.78 is 0. The van der Waals surface area contributed by atoms with Crippen LogP contribution in [-0.4, -0.2) is 6.54 Å². The van der Waals surface area contributed by atoms with E-state index in [0.29, 0.717) is 33.1 Å². The first-order chi connectivity index (χ1) is 9.04. The molecule has 0 unspecified atom stereocenters. The largest absolute Gasteiger partial charge is 0.330 e. The first-order valence-corrected chi connectivity index (χ1v) is 7.18. The van der Waals surface area contributed by atoms with E-state index >= 15 is 0 Å². The molecule has 2 N–H and O–H groups in total. The lowest BCUT2D eigenvalue weighted by molar-refractivity contribution is 0.971. The summed E-state index contributed by atoms with van der Waals surface area (Å²) in [5.74, 6) is 0. The molecular formula is C14H11Cl4N. The van der Waals surface area contributed by atoms with Crippen LogP contribution in [0.15, 0.2) is 30.3 Å². The van der Waals surface area contributed by atoms with Crippen molar-refractivity contribution in [1.29, 1.82) is 0 Å². The summed E-state index contributed by atoms with van der Waals surface area (Å²) in [6, 6.07) is 9.03. The Labute approximate surface area is 132 Å². The van der Waals surface area contributed by atoms with Crippen molar-refractivity contribution in [2.24, 2.45) is 5.73 Å². The summed E-state index contributed by atoms with van der Waals surface area (Å²) in [4.78, 5) is 0. The highest BCUT2D eigenvalue weighted by Gasteiger charge is 2.13. The van der Waals surface area contributed by atoms with Crippen molar-refractivity contribution in [3.8, 4) is 11.1 Å². The molecule has 2 rings (SSSR count). The molecule has 1 nitrogen and oxygen atoms in total. The Kier molecular flexibility index (Phi) is 4.99. The normalized spacial score (nSPS) is 10.8.